The second-order valence-electron chi connectivity index (χ2n) is 3.27. The highest BCUT2D eigenvalue weighted by Gasteiger charge is 1.79. The minimum absolute atomic E-state index is 1.22. The van der Waals surface area contributed by atoms with E-state index < -0.39 is 0 Å². The molecule has 0 unspecified atom stereocenters. The number of benzene rings is 1. The van der Waals surface area contributed by atoms with Crippen LogP contribution >= 0.6 is 0 Å². The Morgan fingerprint density at radius 2 is 1.64 bits per heavy atom. The molecule has 0 atom stereocenters. The zero-order valence-corrected chi connectivity index (χ0v) is 8.72. The summed E-state index contributed by atoms with van der Waals surface area (Å²) in [6.45, 7) is 0. The summed E-state index contributed by atoms with van der Waals surface area (Å²) in [6, 6.07) is 10.3. The summed E-state index contributed by atoms with van der Waals surface area (Å²) < 4.78 is 2.01. The van der Waals surface area contributed by atoms with Crippen molar-refractivity contribution in [3.63, 3.8) is 0 Å². The Kier molecular flexibility index (Phi) is 4.42. The molecule has 0 bridgehead atoms. The Balaban J connectivity index is 2.50. The van der Waals surface area contributed by atoms with Gasteiger partial charge in [0.2, 0.25) is 0 Å². The monoisotopic (exact) mass is 186 g/mol. The lowest BCUT2D eigenvalue weighted by Crippen LogP contribution is -1.94. The first-order chi connectivity index (χ1) is 6.79. The van der Waals surface area contributed by atoms with E-state index in [9.17, 15) is 0 Å². The molecule has 0 heterocycles. The highest BCUT2D eigenvalue weighted by molar-refractivity contribution is 5.67. The molecule has 1 nitrogen and oxygen atoms in total. The van der Waals surface area contributed by atoms with Crippen LogP contribution in [0.2, 0.25) is 0 Å². The van der Waals surface area contributed by atoms with Crippen LogP contribution < -0.4 is 0 Å². The fraction of sp³-hybridized carbons (Fsp3) is 0.154. The first kappa shape index (κ1) is 10.5. The van der Waals surface area contributed by atoms with Crippen molar-refractivity contribution in [1.29, 1.82) is 0 Å². The molecule has 0 spiro atoms. The summed E-state index contributed by atoms with van der Waals surface area (Å²) in [6.07, 6.45) is 10.2. The standard InChI is InChI=1S/C13H16N/c1-14(2)12-8-4-7-11-13-9-5-3-6-10-13/h3-12H,1-2H3/q+1/b8-4+,11-7+. The minimum atomic E-state index is 1.22. The summed E-state index contributed by atoms with van der Waals surface area (Å²) in [7, 11) is 4.01. The van der Waals surface area contributed by atoms with Gasteiger partial charge in [0.05, 0.1) is 0 Å². The van der Waals surface area contributed by atoms with Gasteiger partial charge in [-0.15, -0.1) is 0 Å². The molecule has 1 aromatic rings. The van der Waals surface area contributed by atoms with Crippen molar-refractivity contribution in [3.05, 3.63) is 54.1 Å². The van der Waals surface area contributed by atoms with Gasteiger partial charge in [0.25, 0.3) is 0 Å². The van der Waals surface area contributed by atoms with E-state index in [4.69, 9.17) is 0 Å². The first-order valence-corrected chi connectivity index (χ1v) is 4.69. The molecule has 14 heavy (non-hydrogen) atoms. The molecule has 1 aromatic carbocycles. The van der Waals surface area contributed by atoms with Gasteiger partial charge in [-0.3, -0.25) is 0 Å². The van der Waals surface area contributed by atoms with E-state index in [2.05, 4.69) is 18.2 Å². The predicted molar refractivity (Wildman–Crippen MR) is 62.8 cm³/mol. The maximum Gasteiger partial charge on any atom is 0.162 e. The lowest BCUT2D eigenvalue weighted by atomic mass is 10.2. The molecule has 0 fully saturated rings. The van der Waals surface area contributed by atoms with E-state index in [1.54, 1.807) is 0 Å². The van der Waals surface area contributed by atoms with Crippen LogP contribution in [-0.2, 0) is 0 Å². The van der Waals surface area contributed by atoms with Crippen LogP contribution in [0.15, 0.2) is 48.6 Å². The highest BCUT2D eigenvalue weighted by atomic mass is 14.9. The summed E-state index contributed by atoms with van der Waals surface area (Å²) in [4.78, 5) is 0. The molecule has 0 radical (unpaired) electrons. The summed E-state index contributed by atoms with van der Waals surface area (Å²) in [5, 5.41) is 0. The van der Waals surface area contributed by atoms with Crippen molar-refractivity contribution < 1.29 is 4.58 Å². The van der Waals surface area contributed by atoms with Gasteiger partial charge >= 0.3 is 0 Å². The number of allylic oxidation sites excluding steroid dienone is 3. The van der Waals surface area contributed by atoms with Crippen LogP contribution in [0.5, 0.6) is 0 Å². The summed E-state index contributed by atoms with van der Waals surface area (Å²) in [5.74, 6) is 0. The summed E-state index contributed by atoms with van der Waals surface area (Å²) in [5.41, 5.74) is 1.22. The molecule has 0 aromatic heterocycles. The Bertz CT molecular complexity index is 341. The zero-order chi connectivity index (χ0) is 10.2. The molecule has 0 saturated heterocycles. The second kappa shape index (κ2) is 5.92. The third kappa shape index (κ3) is 4.41. The topological polar surface area (TPSA) is 3.01 Å². The SMILES string of the molecule is C[N+](C)=C/C=C/C=C/c1ccccc1. The van der Waals surface area contributed by atoms with Crippen molar-refractivity contribution in [3.8, 4) is 0 Å². The van der Waals surface area contributed by atoms with Crippen molar-refractivity contribution in [1.82, 2.24) is 0 Å². The van der Waals surface area contributed by atoms with E-state index in [1.165, 1.54) is 5.56 Å². The molecule has 72 valence electrons. The molecule has 1 rings (SSSR count). The quantitative estimate of drug-likeness (QED) is 0.388. The van der Waals surface area contributed by atoms with E-state index in [0.29, 0.717) is 0 Å². The smallest absolute Gasteiger partial charge is 0.162 e. The second-order valence-corrected chi connectivity index (χ2v) is 3.27. The van der Waals surface area contributed by atoms with Gasteiger partial charge in [0.1, 0.15) is 14.1 Å². The van der Waals surface area contributed by atoms with Gasteiger partial charge in [-0.2, -0.15) is 0 Å². The number of hydrogen-bond acceptors (Lipinski definition) is 0. The number of nitrogens with zero attached hydrogens (tertiary/aromatic N) is 1. The Hall–Kier alpha value is -1.63. The van der Waals surface area contributed by atoms with Crippen molar-refractivity contribution in [2.75, 3.05) is 14.1 Å². The van der Waals surface area contributed by atoms with Crippen molar-refractivity contribution >= 4 is 12.3 Å². The van der Waals surface area contributed by atoms with Gasteiger partial charge < -0.3 is 0 Å². The van der Waals surface area contributed by atoms with Gasteiger partial charge in [-0.25, -0.2) is 4.58 Å². The Morgan fingerprint density at radius 1 is 0.929 bits per heavy atom. The molecule has 0 aliphatic carbocycles. The maximum atomic E-state index is 2.08. The molecule has 0 N–H and O–H groups in total. The largest absolute Gasteiger partial charge is 0.241 e. The van der Waals surface area contributed by atoms with Crippen LogP contribution in [0, 0.1) is 0 Å². The Labute approximate surface area is 85.7 Å². The van der Waals surface area contributed by atoms with E-state index in [0.717, 1.165) is 0 Å². The highest BCUT2D eigenvalue weighted by Crippen LogP contribution is 2.00. The normalized spacial score (nSPS) is 11.0. The van der Waals surface area contributed by atoms with Gasteiger partial charge in [-0.1, -0.05) is 48.6 Å². The molecule has 1 heteroatoms. The minimum Gasteiger partial charge on any atom is -0.241 e. The maximum absolute atomic E-state index is 2.08. The molecule has 0 amide bonds. The number of rotatable bonds is 3. The molecule has 0 aliphatic rings. The van der Waals surface area contributed by atoms with Gasteiger partial charge in [0.15, 0.2) is 6.21 Å². The van der Waals surface area contributed by atoms with Crippen LogP contribution in [0.1, 0.15) is 5.56 Å². The lowest BCUT2D eigenvalue weighted by Gasteiger charge is -1.87. The third-order valence-corrected chi connectivity index (χ3v) is 1.69. The van der Waals surface area contributed by atoms with Crippen molar-refractivity contribution in [2.45, 2.75) is 0 Å². The van der Waals surface area contributed by atoms with Gasteiger partial charge in [0, 0.05) is 6.08 Å². The first-order valence-electron chi connectivity index (χ1n) is 4.69. The fourth-order valence-electron chi connectivity index (χ4n) is 1.02. The molecular formula is C13H16N+. The molecule has 0 saturated carbocycles. The molecular weight excluding hydrogens is 170 g/mol. The van der Waals surface area contributed by atoms with E-state index in [-0.39, 0.29) is 0 Å². The van der Waals surface area contributed by atoms with Crippen LogP contribution in [0.3, 0.4) is 0 Å². The van der Waals surface area contributed by atoms with Crippen LogP contribution in [-0.4, -0.2) is 24.9 Å². The average molecular weight is 186 g/mol. The van der Waals surface area contributed by atoms with Gasteiger partial charge in [-0.05, 0) is 5.56 Å². The van der Waals surface area contributed by atoms with Crippen LogP contribution in [0.4, 0.5) is 0 Å². The third-order valence-electron chi connectivity index (χ3n) is 1.69. The lowest BCUT2D eigenvalue weighted by molar-refractivity contribution is -0.458. The predicted octanol–water partition coefficient (Wildman–Crippen LogP) is 2.60. The van der Waals surface area contributed by atoms with E-state index >= 15 is 0 Å². The average Bonchev–Trinajstić information content (AvgIpc) is 2.18. The fourth-order valence-corrected chi connectivity index (χ4v) is 1.02. The van der Waals surface area contributed by atoms with Crippen molar-refractivity contribution in [2.24, 2.45) is 0 Å². The zero-order valence-electron chi connectivity index (χ0n) is 8.72. The van der Waals surface area contributed by atoms with E-state index in [1.807, 2.05) is 61.3 Å². The molecule has 0 aliphatic heterocycles. The number of hydrogen-bond donors (Lipinski definition) is 0. The Morgan fingerprint density at radius 3 is 2.29 bits per heavy atom. The summed E-state index contributed by atoms with van der Waals surface area (Å²) >= 11 is 0. The van der Waals surface area contributed by atoms with Crippen LogP contribution in [0.25, 0.3) is 6.08 Å².